The number of nitrogens with one attached hydrogen (secondary N) is 1. The Balaban J connectivity index is 1.59. The molecule has 0 fully saturated rings. The van der Waals surface area contributed by atoms with Gasteiger partial charge in [-0.2, -0.15) is 0 Å². The molecule has 12 nitrogen and oxygen atoms in total. The fourth-order valence-corrected chi connectivity index (χ4v) is 5.50. The fourth-order valence-electron chi connectivity index (χ4n) is 4.36. The molecule has 0 amide bonds. The van der Waals surface area contributed by atoms with E-state index in [0.29, 0.717) is 40.0 Å². The lowest BCUT2D eigenvalue weighted by Gasteiger charge is -2.22. The molecule has 5 aromatic rings. The summed E-state index contributed by atoms with van der Waals surface area (Å²) in [5.74, 6) is 2.01. The number of pyridine rings is 1. The number of para-hydroxylation sites is 1. The Kier molecular flexibility index (Phi) is 7.02. The average Bonchev–Trinajstić information content (AvgIpc) is 3.66. The first-order valence-corrected chi connectivity index (χ1v) is 13.5. The topological polar surface area (TPSA) is 135 Å². The fraction of sp³-hybridized carbons (Fsp3) is 0.269. The van der Waals surface area contributed by atoms with Crippen LogP contribution in [0.5, 0.6) is 11.5 Å². The van der Waals surface area contributed by atoms with E-state index in [1.165, 1.54) is 25.9 Å². The van der Waals surface area contributed by atoms with Crippen molar-refractivity contribution < 1.29 is 27.0 Å². The van der Waals surface area contributed by atoms with Crippen LogP contribution >= 0.6 is 0 Å². The molecule has 0 saturated heterocycles. The van der Waals surface area contributed by atoms with E-state index in [4.69, 9.17) is 18.6 Å². The molecule has 2 atom stereocenters. The molecule has 0 unspecified atom stereocenters. The molecule has 4 aromatic heterocycles. The zero-order valence-electron chi connectivity index (χ0n) is 22.0. The van der Waals surface area contributed by atoms with Gasteiger partial charge in [0.1, 0.15) is 39.9 Å². The molecule has 0 aliphatic rings. The second-order valence-electron chi connectivity index (χ2n) is 8.74. The SMILES string of the molecule is COc1cccc(OC)c1-n1c(NS(=O)(=O)[C@@H](C)[C@@H](OC)c2cn3ccccc3n2)nnc1-c1ccc(C)o1. The molecule has 0 spiro atoms. The minimum Gasteiger partial charge on any atom is -0.494 e. The molecule has 0 bridgehead atoms. The number of nitrogens with zero attached hydrogens (tertiary/aromatic N) is 5. The van der Waals surface area contributed by atoms with Crippen molar-refractivity contribution in [2.45, 2.75) is 25.2 Å². The second kappa shape index (κ2) is 10.4. The number of hydrogen-bond acceptors (Lipinski definition) is 9. The summed E-state index contributed by atoms with van der Waals surface area (Å²) in [7, 11) is 0.348. The minimum absolute atomic E-state index is 0.0847. The summed E-state index contributed by atoms with van der Waals surface area (Å²) < 4.78 is 56.0. The van der Waals surface area contributed by atoms with Gasteiger partial charge < -0.3 is 23.0 Å². The summed E-state index contributed by atoms with van der Waals surface area (Å²) in [6, 6.07) is 14.2. The molecule has 5 rings (SSSR count). The number of aryl methyl sites for hydroxylation is 1. The Morgan fingerprint density at radius 1 is 0.974 bits per heavy atom. The van der Waals surface area contributed by atoms with E-state index >= 15 is 0 Å². The van der Waals surface area contributed by atoms with Gasteiger partial charge in [0, 0.05) is 19.5 Å². The van der Waals surface area contributed by atoms with Gasteiger partial charge in [-0.15, -0.1) is 10.2 Å². The van der Waals surface area contributed by atoms with E-state index in [-0.39, 0.29) is 11.8 Å². The first-order chi connectivity index (χ1) is 18.8. The molecular formula is C26H28N6O6S. The van der Waals surface area contributed by atoms with Gasteiger partial charge in [-0.1, -0.05) is 12.1 Å². The number of hydrogen-bond donors (Lipinski definition) is 1. The van der Waals surface area contributed by atoms with Crippen molar-refractivity contribution in [3.8, 4) is 28.8 Å². The number of benzene rings is 1. The van der Waals surface area contributed by atoms with Crippen LogP contribution in [0.15, 0.2) is 65.3 Å². The van der Waals surface area contributed by atoms with Crippen LogP contribution in [0, 0.1) is 6.92 Å². The van der Waals surface area contributed by atoms with Crippen LogP contribution < -0.4 is 14.2 Å². The number of methoxy groups -OCH3 is 3. The highest BCUT2D eigenvalue weighted by molar-refractivity contribution is 7.93. The molecule has 0 saturated carbocycles. The molecular weight excluding hydrogens is 524 g/mol. The van der Waals surface area contributed by atoms with Crippen LogP contribution in [-0.2, 0) is 14.8 Å². The first kappa shape index (κ1) is 26.3. The Labute approximate surface area is 225 Å². The number of anilines is 1. The number of ether oxygens (including phenoxy) is 3. The quantitative estimate of drug-likeness (QED) is 0.272. The molecule has 0 radical (unpaired) electrons. The maximum absolute atomic E-state index is 13.7. The normalized spacial score (nSPS) is 13.4. The van der Waals surface area contributed by atoms with Crippen LogP contribution in [0.4, 0.5) is 5.95 Å². The zero-order chi connectivity index (χ0) is 27.7. The first-order valence-electron chi connectivity index (χ1n) is 12.0. The largest absolute Gasteiger partial charge is 0.494 e. The van der Waals surface area contributed by atoms with Crippen molar-refractivity contribution in [2.24, 2.45) is 0 Å². The zero-order valence-corrected chi connectivity index (χ0v) is 22.8. The lowest BCUT2D eigenvalue weighted by molar-refractivity contribution is 0.0993. The second-order valence-corrected chi connectivity index (χ2v) is 10.8. The third-order valence-electron chi connectivity index (χ3n) is 6.33. The number of furan rings is 1. The van der Waals surface area contributed by atoms with Crippen LogP contribution in [0.2, 0.25) is 0 Å². The van der Waals surface area contributed by atoms with Crippen LogP contribution in [-0.4, -0.2) is 59.1 Å². The lowest BCUT2D eigenvalue weighted by Crippen LogP contribution is -2.33. The maximum Gasteiger partial charge on any atom is 0.243 e. The predicted molar refractivity (Wildman–Crippen MR) is 144 cm³/mol. The van der Waals surface area contributed by atoms with Gasteiger partial charge in [0.05, 0.1) is 19.9 Å². The number of aromatic nitrogens is 5. The summed E-state index contributed by atoms with van der Waals surface area (Å²) in [5.41, 5.74) is 1.54. The Hall–Kier alpha value is -4.36. The van der Waals surface area contributed by atoms with Crippen LogP contribution in [0.1, 0.15) is 24.5 Å². The third-order valence-corrected chi connectivity index (χ3v) is 8.02. The Morgan fingerprint density at radius 3 is 2.33 bits per heavy atom. The summed E-state index contributed by atoms with van der Waals surface area (Å²) >= 11 is 0. The van der Waals surface area contributed by atoms with E-state index in [0.717, 1.165) is 0 Å². The molecule has 1 aromatic carbocycles. The van der Waals surface area contributed by atoms with Crippen molar-refractivity contribution in [1.82, 2.24) is 24.1 Å². The molecule has 1 N–H and O–H groups in total. The van der Waals surface area contributed by atoms with Crippen molar-refractivity contribution in [3.05, 3.63) is 72.4 Å². The highest BCUT2D eigenvalue weighted by atomic mass is 32.2. The van der Waals surface area contributed by atoms with Gasteiger partial charge in [0.15, 0.2) is 5.76 Å². The average molecular weight is 553 g/mol. The summed E-state index contributed by atoms with van der Waals surface area (Å²) in [4.78, 5) is 4.55. The van der Waals surface area contributed by atoms with Crippen LogP contribution in [0.25, 0.3) is 22.9 Å². The number of fused-ring (bicyclic) bond motifs is 1. The molecule has 4 heterocycles. The maximum atomic E-state index is 13.7. The van der Waals surface area contributed by atoms with Gasteiger partial charge in [-0.05, 0) is 50.2 Å². The summed E-state index contributed by atoms with van der Waals surface area (Å²) in [5, 5.41) is 7.37. The predicted octanol–water partition coefficient (Wildman–Crippen LogP) is 4.02. The van der Waals surface area contributed by atoms with Gasteiger partial charge >= 0.3 is 0 Å². The van der Waals surface area contributed by atoms with Crippen molar-refractivity contribution in [1.29, 1.82) is 0 Å². The highest BCUT2D eigenvalue weighted by Crippen LogP contribution is 2.38. The molecule has 204 valence electrons. The van der Waals surface area contributed by atoms with E-state index in [1.54, 1.807) is 54.8 Å². The van der Waals surface area contributed by atoms with E-state index in [1.807, 2.05) is 24.4 Å². The van der Waals surface area contributed by atoms with Gasteiger partial charge in [0.2, 0.25) is 21.8 Å². The van der Waals surface area contributed by atoms with E-state index in [9.17, 15) is 8.42 Å². The molecule has 0 aliphatic carbocycles. The van der Waals surface area contributed by atoms with Crippen molar-refractivity contribution in [3.63, 3.8) is 0 Å². The molecule has 13 heteroatoms. The lowest BCUT2D eigenvalue weighted by atomic mass is 10.2. The Morgan fingerprint density at radius 2 is 1.72 bits per heavy atom. The van der Waals surface area contributed by atoms with Gasteiger partial charge in [0.25, 0.3) is 0 Å². The third kappa shape index (κ3) is 4.81. The van der Waals surface area contributed by atoms with Crippen molar-refractivity contribution in [2.75, 3.05) is 26.1 Å². The smallest absolute Gasteiger partial charge is 0.243 e. The minimum atomic E-state index is -4.10. The number of sulfonamides is 1. The Bertz CT molecular complexity index is 1670. The highest BCUT2D eigenvalue weighted by Gasteiger charge is 2.35. The van der Waals surface area contributed by atoms with E-state index in [2.05, 4.69) is 19.9 Å². The molecule has 0 aliphatic heterocycles. The molecule has 39 heavy (non-hydrogen) atoms. The van der Waals surface area contributed by atoms with Crippen molar-refractivity contribution >= 4 is 21.6 Å². The summed E-state index contributed by atoms with van der Waals surface area (Å²) in [6.07, 6.45) is 2.71. The standard InChI is InChI=1S/C26H28N6O6S/c1-16-12-13-21(38-16)25-28-29-26(32(25)23-19(35-3)9-8-10-20(23)36-4)30-39(33,34)17(2)24(37-5)18-15-31-14-7-6-11-22(31)27-18/h6-15,17,24H,1-5H3,(H,29,30)/t17-,24+/m0/s1. The number of imidazole rings is 1. The summed E-state index contributed by atoms with van der Waals surface area (Å²) in [6.45, 7) is 3.34. The number of rotatable bonds is 10. The van der Waals surface area contributed by atoms with Gasteiger partial charge in [-0.3, -0.25) is 9.29 Å². The van der Waals surface area contributed by atoms with E-state index < -0.39 is 21.4 Å². The monoisotopic (exact) mass is 552 g/mol. The van der Waals surface area contributed by atoms with Gasteiger partial charge in [-0.25, -0.2) is 13.4 Å². The van der Waals surface area contributed by atoms with Crippen LogP contribution in [0.3, 0.4) is 0 Å².